The smallest absolute Gasteiger partial charge is 0.174 e. The lowest BCUT2D eigenvalue weighted by Crippen LogP contribution is -1.75. The maximum atomic E-state index is 5.97. The Kier molecular flexibility index (Phi) is 1.49. The van der Waals surface area contributed by atoms with Crippen LogP contribution in [0.5, 0.6) is 0 Å². The number of halogens is 1. The molecule has 0 saturated carbocycles. The first-order valence-electron chi connectivity index (χ1n) is 4.14. The number of pyridine rings is 2. The van der Waals surface area contributed by atoms with E-state index in [1.807, 2.05) is 12.1 Å². The summed E-state index contributed by atoms with van der Waals surface area (Å²) >= 11 is 5.97. The Hall–Kier alpha value is -1.61. The Morgan fingerprint density at radius 2 is 1.93 bits per heavy atom. The number of nitrogens with zero attached hydrogens (tertiary/aromatic N) is 2. The fraction of sp³-hybridized carbons (Fsp3) is 0. The van der Waals surface area contributed by atoms with Gasteiger partial charge >= 0.3 is 0 Å². The second kappa shape index (κ2) is 2.69. The van der Waals surface area contributed by atoms with E-state index >= 15 is 0 Å². The maximum Gasteiger partial charge on any atom is 0.174 e. The van der Waals surface area contributed by atoms with E-state index in [9.17, 15) is 0 Å². The van der Waals surface area contributed by atoms with Crippen LogP contribution in [0, 0.1) is 0 Å². The van der Waals surface area contributed by atoms with Gasteiger partial charge < -0.3 is 4.42 Å². The molecule has 3 aromatic heterocycles. The highest BCUT2D eigenvalue weighted by atomic mass is 35.5. The first kappa shape index (κ1) is 7.76. The molecule has 0 unspecified atom stereocenters. The second-order valence-electron chi connectivity index (χ2n) is 2.92. The third-order valence-electron chi connectivity index (χ3n) is 2.06. The van der Waals surface area contributed by atoms with Crippen LogP contribution in [-0.2, 0) is 0 Å². The number of hydrogen-bond acceptors (Lipinski definition) is 3. The molecule has 0 radical (unpaired) electrons. The zero-order valence-electron chi connectivity index (χ0n) is 7.07. The molecule has 0 fully saturated rings. The van der Waals surface area contributed by atoms with E-state index in [1.165, 1.54) is 0 Å². The van der Waals surface area contributed by atoms with Gasteiger partial charge in [0.25, 0.3) is 0 Å². The van der Waals surface area contributed by atoms with Crippen molar-refractivity contribution in [1.29, 1.82) is 0 Å². The van der Waals surface area contributed by atoms with Crippen molar-refractivity contribution in [2.45, 2.75) is 0 Å². The zero-order chi connectivity index (χ0) is 9.54. The SMILES string of the molecule is Clc1ccnc2c1oc1cccnc12. The number of aromatic nitrogens is 2. The molecule has 0 bridgehead atoms. The minimum Gasteiger partial charge on any atom is -0.451 e. The highest BCUT2D eigenvalue weighted by Gasteiger charge is 2.10. The minimum absolute atomic E-state index is 0.563. The fourth-order valence-electron chi connectivity index (χ4n) is 1.45. The molecule has 0 saturated heterocycles. The molecule has 0 atom stereocenters. The molecule has 0 spiro atoms. The highest BCUT2D eigenvalue weighted by molar-refractivity contribution is 6.35. The maximum absolute atomic E-state index is 5.97. The summed E-state index contributed by atoms with van der Waals surface area (Å²) in [4.78, 5) is 8.39. The first-order chi connectivity index (χ1) is 6.86. The van der Waals surface area contributed by atoms with Crippen molar-refractivity contribution < 1.29 is 4.42 Å². The van der Waals surface area contributed by atoms with Gasteiger partial charge in [-0.25, -0.2) is 0 Å². The van der Waals surface area contributed by atoms with E-state index in [4.69, 9.17) is 16.0 Å². The van der Waals surface area contributed by atoms with Crippen LogP contribution in [0.15, 0.2) is 35.0 Å². The summed E-state index contributed by atoms with van der Waals surface area (Å²) in [6, 6.07) is 5.37. The summed E-state index contributed by atoms with van der Waals surface area (Å²) in [6.07, 6.45) is 3.36. The van der Waals surface area contributed by atoms with E-state index in [2.05, 4.69) is 9.97 Å². The topological polar surface area (TPSA) is 38.9 Å². The molecule has 0 aliphatic rings. The normalized spacial score (nSPS) is 11.2. The Balaban J connectivity index is 2.63. The van der Waals surface area contributed by atoms with Gasteiger partial charge in [0, 0.05) is 12.4 Å². The molecule has 3 aromatic rings. The van der Waals surface area contributed by atoms with Crippen molar-refractivity contribution >= 4 is 33.8 Å². The first-order valence-corrected chi connectivity index (χ1v) is 4.52. The van der Waals surface area contributed by atoms with Crippen LogP contribution in [0.2, 0.25) is 5.02 Å². The third-order valence-corrected chi connectivity index (χ3v) is 2.36. The van der Waals surface area contributed by atoms with Gasteiger partial charge in [-0.1, -0.05) is 11.6 Å². The molecule has 4 heteroatoms. The summed E-state index contributed by atoms with van der Waals surface area (Å²) < 4.78 is 5.53. The van der Waals surface area contributed by atoms with Crippen LogP contribution >= 0.6 is 11.6 Å². The predicted molar refractivity (Wildman–Crippen MR) is 54.3 cm³/mol. The van der Waals surface area contributed by atoms with E-state index in [0.717, 1.165) is 5.52 Å². The predicted octanol–water partition coefficient (Wildman–Crippen LogP) is 3.03. The Labute approximate surface area is 84.3 Å². The molecule has 3 nitrogen and oxygen atoms in total. The van der Waals surface area contributed by atoms with Gasteiger partial charge in [-0.2, -0.15) is 0 Å². The van der Waals surface area contributed by atoms with Gasteiger partial charge in [0.1, 0.15) is 11.0 Å². The van der Waals surface area contributed by atoms with Crippen molar-refractivity contribution in [2.75, 3.05) is 0 Å². The lowest BCUT2D eigenvalue weighted by Gasteiger charge is -1.88. The summed E-state index contributed by atoms with van der Waals surface area (Å²) in [7, 11) is 0. The van der Waals surface area contributed by atoms with Crippen molar-refractivity contribution in [3.63, 3.8) is 0 Å². The monoisotopic (exact) mass is 204 g/mol. The molecule has 0 aromatic carbocycles. The molecule has 68 valence electrons. The van der Waals surface area contributed by atoms with Crippen LogP contribution in [0.25, 0.3) is 22.2 Å². The zero-order valence-corrected chi connectivity index (χ0v) is 7.82. The molecule has 0 aliphatic heterocycles. The molecule has 14 heavy (non-hydrogen) atoms. The lowest BCUT2D eigenvalue weighted by atomic mass is 10.3. The number of rotatable bonds is 0. The van der Waals surface area contributed by atoms with Crippen LogP contribution < -0.4 is 0 Å². The summed E-state index contributed by atoms with van der Waals surface area (Å²) in [5.74, 6) is 0. The van der Waals surface area contributed by atoms with Gasteiger partial charge in [0.05, 0.1) is 5.02 Å². The Morgan fingerprint density at radius 1 is 1.07 bits per heavy atom. The molecular weight excluding hydrogens is 200 g/mol. The minimum atomic E-state index is 0.563. The molecule has 0 amide bonds. The van der Waals surface area contributed by atoms with Crippen molar-refractivity contribution in [2.24, 2.45) is 0 Å². The quantitative estimate of drug-likeness (QED) is 0.565. The number of hydrogen-bond donors (Lipinski definition) is 0. The van der Waals surface area contributed by atoms with Gasteiger partial charge in [-0.05, 0) is 18.2 Å². The van der Waals surface area contributed by atoms with Crippen molar-refractivity contribution in [1.82, 2.24) is 9.97 Å². The third kappa shape index (κ3) is 0.930. The highest BCUT2D eigenvalue weighted by Crippen LogP contribution is 2.29. The lowest BCUT2D eigenvalue weighted by molar-refractivity contribution is 0.667. The van der Waals surface area contributed by atoms with E-state index in [1.54, 1.807) is 18.5 Å². The number of fused-ring (bicyclic) bond motifs is 3. The van der Waals surface area contributed by atoms with Crippen LogP contribution in [0.3, 0.4) is 0 Å². The molecule has 0 aliphatic carbocycles. The van der Waals surface area contributed by atoms with Gasteiger partial charge in [-0.3, -0.25) is 9.97 Å². The van der Waals surface area contributed by atoms with E-state index in [0.29, 0.717) is 21.7 Å². The fourth-order valence-corrected chi connectivity index (χ4v) is 1.64. The van der Waals surface area contributed by atoms with Crippen LogP contribution in [0.4, 0.5) is 0 Å². The number of furan rings is 1. The van der Waals surface area contributed by atoms with Crippen LogP contribution in [0.1, 0.15) is 0 Å². The summed E-state index contributed by atoms with van der Waals surface area (Å²) in [5.41, 5.74) is 2.78. The Bertz CT molecular complexity index is 618. The standard InChI is InChI=1S/C10H5ClN2O/c11-6-3-5-13-9-8-7(14-10(6)9)2-1-4-12-8/h1-5H. The van der Waals surface area contributed by atoms with Crippen LogP contribution in [-0.4, -0.2) is 9.97 Å². The van der Waals surface area contributed by atoms with Gasteiger partial charge in [-0.15, -0.1) is 0 Å². The van der Waals surface area contributed by atoms with Crippen molar-refractivity contribution in [3.8, 4) is 0 Å². The molecular formula is C10H5ClN2O. The van der Waals surface area contributed by atoms with Gasteiger partial charge in [0.2, 0.25) is 0 Å². The molecule has 3 rings (SSSR count). The van der Waals surface area contributed by atoms with Crippen molar-refractivity contribution in [3.05, 3.63) is 35.6 Å². The Morgan fingerprint density at radius 3 is 2.86 bits per heavy atom. The summed E-state index contributed by atoms with van der Waals surface area (Å²) in [5, 5.41) is 0.563. The second-order valence-corrected chi connectivity index (χ2v) is 3.33. The largest absolute Gasteiger partial charge is 0.451 e. The molecule has 3 heterocycles. The van der Waals surface area contributed by atoms with E-state index < -0.39 is 0 Å². The summed E-state index contributed by atoms with van der Waals surface area (Å²) in [6.45, 7) is 0. The van der Waals surface area contributed by atoms with Gasteiger partial charge in [0.15, 0.2) is 11.2 Å². The average Bonchev–Trinajstić information content (AvgIpc) is 2.59. The average molecular weight is 205 g/mol. The molecule has 0 N–H and O–H groups in total. The van der Waals surface area contributed by atoms with E-state index in [-0.39, 0.29) is 0 Å².